The Kier molecular flexibility index (Phi) is 3.19. The zero-order chi connectivity index (χ0) is 14.2. The fourth-order valence-electron chi connectivity index (χ4n) is 3.49. The van der Waals surface area contributed by atoms with Crippen LogP contribution in [-0.4, -0.2) is 38.4 Å². The first-order valence-electron chi connectivity index (χ1n) is 7.69. The third-order valence-corrected chi connectivity index (χ3v) is 4.52. The lowest BCUT2D eigenvalue weighted by atomic mass is 10.0. The minimum absolute atomic E-state index is 0.808. The molecule has 1 aliphatic carbocycles. The summed E-state index contributed by atoms with van der Waals surface area (Å²) in [5.74, 6) is 0.900. The van der Waals surface area contributed by atoms with Gasteiger partial charge in [-0.05, 0) is 43.0 Å². The van der Waals surface area contributed by atoms with Gasteiger partial charge in [0.2, 0.25) is 0 Å². The van der Waals surface area contributed by atoms with E-state index in [2.05, 4.69) is 17.0 Å². The Balaban J connectivity index is 1.95. The molecule has 1 aromatic heterocycles. The van der Waals surface area contributed by atoms with E-state index >= 15 is 0 Å². The van der Waals surface area contributed by atoms with Gasteiger partial charge in [0.25, 0.3) is 0 Å². The SMILES string of the molecule is COc1ccc2nc3c(c(N4CCOCC4)c2c1)CCC3. The summed E-state index contributed by atoms with van der Waals surface area (Å²) in [6, 6.07) is 6.21. The predicted molar refractivity (Wildman–Crippen MR) is 83.4 cm³/mol. The molecule has 1 fully saturated rings. The number of benzene rings is 1. The lowest BCUT2D eigenvalue weighted by Gasteiger charge is -2.31. The first kappa shape index (κ1) is 12.9. The van der Waals surface area contributed by atoms with Gasteiger partial charge in [0.1, 0.15) is 5.75 Å². The van der Waals surface area contributed by atoms with E-state index in [1.807, 2.05) is 6.07 Å². The number of pyridine rings is 1. The maximum atomic E-state index is 5.52. The number of rotatable bonds is 2. The van der Waals surface area contributed by atoms with Crippen LogP contribution in [0.3, 0.4) is 0 Å². The minimum Gasteiger partial charge on any atom is -0.497 e. The van der Waals surface area contributed by atoms with E-state index in [4.69, 9.17) is 14.5 Å². The fourth-order valence-corrected chi connectivity index (χ4v) is 3.49. The van der Waals surface area contributed by atoms with Crippen molar-refractivity contribution in [3.05, 3.63) is 29.5 Å². The van der Waals surface area contributed by atoms with Crippen LogP contribution in [0.25, 0.3) is 10.9 Å². The molecule has 2 aliphatic rings. The molecule has 4 nitrogen and oxygen atoms in total. The number of methoxy groups -OCH3 is 1. The minimum atomic E-state index is 0.808. The van der Waals surface area contributed by atoms with E-state index in [1.165, 1.54) is 28.8 Å². The van der Waals surface area contributed by atoms with Crippen molar-refractivity contribution >= 4 is 16.6 Å². The van der Waals surface area contributed by atoms with Crippen molar-refractivity contribution in [2.24, 2.45) is 0 Å². The number of aryl methyl sites for hydroxylation is 1. The standard InChI is InChI=1S/C17H20N2O2/c1-20-12-5-6-16-14(11-12)17(19-7-9-21-10-8-19)13-3-2-4-15(13)18-16/h5-6,11H,2-4,7-10H2,1H3. The molecule has 1 aliphatic heterocycles. The van der Waals surface area contributed by atoms with Gasteiger partial charge >= 0.3 is 0 Å². The maximum absolute atomic E-state index is 5.52. The van der Waals surface area contributed by atoms with Crippen LogP contribution in [0.2, 0.25) is 0 Å². The highest BCUT2D eigenvalue weighted by Gasteiger charge is 2.24. The van der Waals surface area contributed by atoms with Crippen LogP contribution in [0.5, 0.6) is 5.75 Å². The van der Waals surface area contributed by atoms with E-state index in [0.29, 0.717) is 0 Å². The van der Waals surface area contributed by atoms with Gasteiger partial charge in [-0.15, -0.1) is 0 Å². The average Bonchev–Trinajstić information content (AvgIpc) is 3.00. The first-order chi connectivity index (χ1) is 10.4. The topological polar surface area (TPSA) is 34.6 Å². The number of anilines is 1. The van der Waals surface area contributed by atoms with Gasteiger partial charge in [-0.2, -0.15) is 0 Å². The quantitative estimate of drug-likeness (QED) is 0.849. The summed E-state index contributed by atoms with van der Waals surface area (Å²) in [7, 11) is 1.72. The van der Waals surface area contributed by atoms with Crippen LogP contribution in [-0.2, 0) is 17.6 Å². The number of morpholine rings is 1. The highest BCUT2D eigenvalue weighted by molar-refractivity contribution is 5.95. The summed E-state index contributed by atoms with van der Waals surface area (Å²) in [6.45, 7) is 3.54. The Labute approximate surface area is 124 Å². The molecule has 0 bridgehead atoms. The van der Waals surface area contributed by atoms with Crippen molar-refractivity contribution in [1.82, 2.24) is 4.98 Å². The van der Waals surface area contributed by atoms with E-state index in [9.17, 15) is 0 Å². The van der Waals surface area contributed by atoms with E-state index in [0.717, 1.165) is 50.4 Å². The molecule has 0 unspecified atom stereocenters. The Morgan fingerprint density at radius 2 is 2.05 bits per heavy atom. The highest BCUT2D eigenvalue weighted by Crippen LogP contribution is 2.38. The molecular formula is C17H20N2O2. The molecule has 1 aromatic carbocycles. The molecule has 21 heavy (non-hydrogen) atoms. The molecule has 2 heterocycles. The van der Waals surface area contributed by atoms with Crippen molar-refractivity contribution in [1.29, 1.82) is 0 Å². The zero-order valence-corrected chi connectivity index (χ0v) is 12.4. The number of aromatic nitrogens is 1. The van der Waals surface area contributed by atoms with Gasteiger partial charge in [0.05, 0.1) is 31.5 Å². The van der Waals surface area contributed by atoms with Gasteiger partial charge in [-0.25, -0.2) is 0 Å². The Hall–Kier alpha value is -1.81. The third kappa shape index (κ3) is 2.14. The largest absolute Gasteiger partial charge is 0.497 e. The van der Waals surface area contributed by atoms with Gasteiger partial charge < -0.3 is 14.4 Å². The maximum Gasteiger partial charge on any atom is 0.119 e. The summed E-state index contributed by atoms with van der Waals surface area (Å²) in [5, 5.41) is 1.22. The molecular weight excluding hydrogens is 264 g/mol. The normalized spacial score (nSPS) is 18.0. The summed E-state index contributed by atoms with van der Waals surface area (Å²) in [5.41, 5.74) is 5.18. The van der Waals surface area contributed by atoms with Crippen LogP contribution < -0.4 is 9.64 Å². The molecule has 0 N–H and O–H groups in total. The summed E-state index contributed by atoms with van der Waals surface area (Å²) in [4.78, 5) is 7.34. The summed E-state index contributed by atoms with van der Waals surface area (Å²) in [6.07, 6.45) is 3.46. The van der Waals surface area contributed by atoms with Crippen molar-refractivity contribution in [2.75, 3.05) is 38.3 Å². The predicted octanol–water partition coefficient (Wildman–Crippen LogP) is 2.57. The Morgan fingerprint density at radius 1 is 1.19 bits per heavy atom. The number of nitrogens with zero attached hydrogens (tertiary/aromatic N) is 2. The molecule has 1 saturated heterocycles. The second-order valence-electron chi connectivity index (χ2n) is 5.72. The van der Waals surface area contributed by atoms with Gasteiger partial charge in [0, 0.05) is 24.2 Å². The molecule has 4 rings (SSSR count). The van der Waals surface area contributed by atoms with Gasteiger partial charge in [-0.1, -0.05) is 0 Å². The van der Waals surface area contributed by atoms with E-state index < -0.39 is 0 Å². The van der Waals surface area contributed by atoms with Crippen molar-refractivity contribution in [3.63, 3.8) is 0 Å². The van der Waals surface area contributed by atoms with E-state index in [-0.39, 0.29) is 0 Å². The van der Waals surface area contributed by atoms with Gasteiger partial charge in [-0.3, -0.25) is 4.98 Å². The Morgan fingerprint density at radius 3 is 2.86 bits per heavy atom. The monoisotopic (exact) mass is 284 g/mol. The van der Waals surface area contributed by atoms with Crippen molar-refractivity contribution in [3.8, 4) is 5.75 Å². The van der Waals surface area contributed by atoms with Crippen LogP contribution in [0.15, 0.2) is 18.2 Å². The average molecular weight is 284 g/mol. The lowest BCUT2D eigenvalue weighted by Crippen LogP contribution is -2.37. The molecule has 0 atom stereocenters. The zero-order valence-electron chi connectivity index (χ0n) is 12.4. The Bertz CT molecular complexity index is 678. The van der Waals surface area contributed by atoms with Crippen LogP contribution in [0.1, 0.15) is 17.7 Å². The van der Waals surface area contributed by atoms with Crippen molar-refractivity contribution < 1.29 is 9.47 Å². The molecule has 0 amide bonds. The van der Waals surface area contributed by atoms with Gasteiger partial charge in [0.15, 0.2) is 0 Å². The molecule has 0 saturated carbocycles. The highest BCUT2D eigenvalue weighted by atomic mass is 16.5. The summed E-state index contributed by atoms with van der Waals surface area (Å²) >= 11 is 0. The number of hydrogen-bond acceptors (Lipinski definition) is 4. The van der Waals surface area contributed by atoms with Crippen LogP contribution in [0.4, 0.5) is 5.69 Å². The number of ether oxygens (including phenoxy) is 2. The second kappa shape index (κ2) is 5.19. The molecule has 4 heteroatoms. The summed E-state index contributed by atoms with van der Waals surface area (Å²) < 4.78 is 10.9. The van der Waals surface area contributed by atoms with Crippen molar-refractivity contribution in [2.45, 2.75) is 19.3 Å². The smallest absolute Gasteiger partial charge is 0.119 e. The van der Waals surface area contributed by atoms with Crippen LogP contribution in [0, 0.1) is 0 Å². The van der Waals surface area contributed by atoms with E-state index in [1.54, 1.807) is 7.11 Å². The molecule has 0 radical (unpaired) electrons. The first-order valence-corrected chi connectivity index (χ1v) is 7.69. The second-order valence-corrected chi connectivity index (χ2v) is 5.72. The lowest BCUT2D eigenvalue weighted by molar-refractivity contribution is 0.123. The molecule has 0 spiro atoms. The number of fused-ring (bicyclic) bond motifs is 2. The molecule has 2 aromatic rings. The number of hydrogen-bond donors (Lipinski definition) is 0. The molecule has 110 valence electrons. The van der Waals surface area contributed by atoms with Crippen LogP contribution >= 0.6 is 0 Å². The third-order valence-electron chi connectivity index (χ3n) is 4.52. The fraction of sp³-hybridized carbons (Fsp3) is 0.471.